The minimum Gasteiger partial charge on any atom is -0.496 e. The van der Waals surface area contributed by atoms with E-state index in [1.807, 2.05) is 6.07 Å². The second-order valence-electron chi connectivity index (χ2n) is 5.12. The molecule has 0 unspecified atom stereocenters. The number of hydrogen-bond acceptors (Lipinski definition) is 2. The van der Waals surface area contributed by atoms with Crippen LogP contribution in [0.25, 0.3) is 10.9 Å². The largest absolute Gasteiger partial charge is 0.496 e. The average Bonchev–Trinajstić information content (AvgIpc) is 2.74. The summed E-state index contributed by atoms with van der Waals surface area (Å²) in [5.74, 6) is 0.778. The van der Waals surface area contributed by atoms with Gasteiger partial charge in [0.2, 0.25) is 0 Å². The molecule has 1 N–H and O–H groups in total. The van der Waals surface area contributed by atoms with E-state index in [-0.39, 0.29) is 6.61 Å². The number of ether oxygens (including phenoxy) is 1. The molecule has 0 spiro atoms. The van der Waals surface area contributed by atoms with Crippen molar-refractivity contribution < 1.29 is 9.84 Å². The molecule has 0 saturated carbocycles. The highest BCUT2D eigenvalue weighted by atomic mass is 35.5. The van der Waals surface area contributed by atoms with E-state index in [0.717, 1.165) is 35.1 Å². The van der Waals surface area contributed by atoms with Gasteiger partial charge in [0.05, 0.1) is 24.3 Å². The lowest BCUT2D eigenvalue weighted by Gasteiger charge is -2.14. The molecule has 0 bridgehead atoms. The Morgan fingerprint density at radius 1 is 1.37 bits per heavy atom. The summed E-state index contributed by atoms with van der Waals surface area (Å²) in [5, 5.41) is 11.3. The summed E-state index contributed by atoms with van der Waals surface area (Å²) in [7, 11) is 3.72. The maximum atomic E-state index is 9.50. The lowest BCUT2D eigenvalue weighted by atomic mass is 9.94. The van der Waals surface area contributed by atoms with Gasteiger partial charge in [-0.3, -0.25) is 0 Å². The number of aryl methyl sites for hydroxylation is 2. The van der Waals surface area contributed by atoms with Gasteiger partial charge in [0, 0.05) is 23.7 Å². The Morgan fingerprint density at radius 3 is 2.79 bits per heavy atom. The summed E-state index contributed by atoms with van der Waals surface area (Å²) in [5.41, 5.74) is 4.50. The fourth-order valence-corrected chi connectivity index (χ4v) is 3.65. The Morgan fingerprint density at radius 2 is 2.11 bits per heavy atom. The van der Waals surface area contributed by atoms with Crippen LogP contribution in [0.1, 0.15) is 29.7 Å². The van der Waals surface area contributed by atoms with Crippen molar-refractivity contribution in [3.63, 3.8) is 0 Å². The van der Waals surface area contributed by atoms with Gasteiger partial charge in [-0.15, -0.1) is 0 Å². The van der Waals surface area contributed by atoms with Gasteiger partial charge in [0.1, 0.15) is 5.75 Å². The first-order valence-corrected chi connectivity index (χ1v) is 7.03. The van der Waals surface area contributed by atoms with E-state index in [2.05, 4.69) is 11.6 Å². The molecule has 4 heteroatoms. The fraction of sp³-hybridized carbons (Fsp3) is 0.467. The molecule has 1 aliphatic rings. The molecule has 1 aromatic heterocycles. The fourth-order valence-electron chi connectivity index (χ4n) is 3.30. The molecular formula is C15H18ClNO2. The molecule has 102 valence electrons. The van der Waals surface area contributed by atoms with E-state index in [0.29, 0.717) is 5.02 Å². The van der Waals surface area contributed by atoms with Crippen LogP contribution >= 0.6 is 11.6 Å². The van der Waals surface area contributed by atoms with Gasteiger partial charge >= 0.3 is 0 Å². The Hall–Kier alpha value is -1.19. The Labute approximate surface area is 117 Å². The SMILES string of the molecule is COc1c(CO)cc(Cl)c2c1c1c(n2C)CCCC1. The molecule has 3 rings (SSSR count). The zero-order valence-electron chi connectivity index (χ0n) is 11.3. The first-order valence-electron chi connectivity index (χ1n) is 6.65. The molecular weight excluding hydrogens is 262 g/mol. The number of fused-ring (bicyclic) bond motifs is 3. The number of aliphatic hydroxyl groups excluding tert-OH is 1. The summed E-state index contributed by atoms with van der Waals surface area (Å²) in [4.78, 5) is 0. The third kappa shape index (κ3) is 1.76. The van der Waals surface area contributed by atoms with Gasteiger partial charge in [0.25, 0.3) is 0 Å². The topological polar surface area (TPSA) is 34.4 Å². The van der Waals surface area contributed by atoms with Crippen molar-refractivity contribution in [3.8, 4) is 5.75 Å². The molecule has 2 aromatic rings. The highest BCUT2D eigenvalue weighted by Gasteiger charge is 2.24. The molecule has 0 saturated heterocycles. The summed E-state index contributed by atoms with van der Waals surface area (Å²) in [6.07, 6.45) is 4.59. The van der Waals surface area contributed by atoms with Crippen LogP contribution < -0.4 is 4.74 Å². The number of rotatable bonds is 2. The second-order valence-corrected chi connectivity index (χ2v) is 5.53. The Kier molecular flexibility index (Phi) is 3.19. The maximum absolute atomic E-state index is 9.50. The Bertz CT molecular complexity index is 646. The van der Waals surface area contributed by atoms with Gasteiger partial charge in [0.15, 0.2) is 0 Å². The van der Waals surface area contributed by atoms with Crippen LogP contribution in [0.15, 0.2) is 6.07 Å². The van der Waals surface area contributed by atoms with Crippen molar-refractivity contribution in [2.75, 3.05) is 7.11 Å². The van der Waals surface area contributed by atoms with Crippen LogP contribution in [0.2, 0.25) is 5.02 Å². The van der Waals surface area contributed by atoms with Crippen LogP contribution in [-0.4, -0.2) is 16.8 Å². The minimum atomic E-state index is -0.0531. The van der Waals surface area contributed by atoms with E-state index in [1.165, 1.54) is 24.1 Å². The molecule has 19 heavy (non-hydrogen) atoms. The molecule has 0 aliphatic heterocycles. The lowest BCUT2D eigenvalue weighted by molar-refractivity contribution is 0.274. The predicted octanol–water partition coefficient (Wildman–Crippen LogP) is 3.21. The standard InChI is InChI=1S/C15H18ClNO2/c1-17-12-6-4-3-5-10(12)13-14(17)11(16)7-9(8-18)15(13)19-2/h7,18H,3-6,8H2,1-2H3. The van der Waals surface area contributed by atoms with Crippen LogP contribution in [-0.2, 0) is 26.5 Å². The van der Waals surface area contributed by atoms with Crippen molar-refractivity contribution in [2.45, 2.75) is 32.3 Å². The van der Waals surface area contributed by atoms with Crippen molar-refractivity contribution in [1.82, 2.24) is 4.57 Å². The second kappa shape index (κ2) is 4.73. The summed E-state index contributed by atoms with van der Waals surface area (Å²) in [6.45, 7) is -0.0531. The highest BCUT2D eigenvalue weighted by Crippen LogP contribution is 2.42. The van der Waals surface area contributed by atoms with Crippen molar-refractivity contribution >= 4 is 22.5 Å². The van der Waals surface area contributed by atoms with E-state index in [1.54, 1.807) is 7.11 Å². The van der Waals surface area contributed by atoms with Crippen molar-refractivity contribution in [1.29, 1.82) is 0 Å². The van der Waals surface area contributed by atoms with E-state index in [9.17, 15) is 5.11 Å². The van der Waals surface area contributed by atoms with Crippen LogP contribution in [0.3, 0.4) is 0 Å². The highest BCUT2D eigenvalue weighted by molar-refractivity contribution is 6.35. The van der Waals surface area contributed by atoms with Crippen molar-refractivity contribution in [3.05, 3.63) is 27.9 Å². The van der Waals surface area contributed by atoms with Crippen LogP contribution in [0.5, 0.6) is 5.75 Å². The predicted molar refractivity (Wildman–Crippen MR) is 77.0 cm³/mol. The van der Waals surface area contributed by atoms with Gasteiger partial charge in [-0.25, -0.2) is 0 Å². The quantitative estimate of drug-likeness (QED) is 0.916. The molecule has 0 atom stereocenters. The van der Waals surface area contributed by atoms with Gasteiger partial charge in [-0.1, -0.05) is 11.6 Å². The van der Waals surface area contributed by atoms with Gasteiger partial charge in [-0.2, -0.15) is 0 Å². The third-order valence-electron chi connectivity index (χ3n) is 4.14. The molecule has 0 fully saturated rings. The Balaban J connectivity index is 2.46. The third-order valence-corrected chi connectivity index (χ3v) is 4.43. The first-order chi connectivity index (χ1) is 9.19. The molecule has 1 heterocycles. The van der Waals surface area contributed by atoms with Gasteiger partial charge < -0.3 is 14.4 Å². The zero-order chi connectivity index (χ0) is 13.6. The van der Waals surface area contributed by atoms with E-state index >= 15 is 0 Å². The lowest BCUT2D eigenvalue weighted by Crippen LogP contribution is -2.05. The number of benzene rings is 1. The molecule has 0 radical (unpaired) electrons. The first kappa shape index (κ1) is 12.8. The number of hydrogen-bond donors (Lipinski definition) is 1. The van der Waals surface area contributed by atoms with Crippen LogP contribution in [0.4, 0.5) is 0 Å². The summed E-state index contributed by atoms with van der Waals surface area (Å²) >= 11 is 6.41. The van der Waals surface area contributed by atoms with Crippen molar-refractivity contribution in [2.24, 2.45) is 7.05 Å². The molecule has 1 aliphatic carbocycles. The van der Waals surface area contributed by atoms with E-state index in [4.69, 9.17) is 16.3 Å². The number of nitrogens with zero attached hydrogens (tertiary/aromatic N) is 1. The normalized spacial score (nSPS) is 14.7. The summed E-state index contributed by atoms with van der Waals surface area (Å²) in [6, 6.07) is 1.81. The van der Waals surface area contributed by atoms with E-state index < -0.39 is 0 Å². The molecule has 1 aromatic carbocycles. The molecule has 3 nitrogen and oxygen atoms in total. The summed E-state index contributed by atoms with van der Waals surface area (Å²) < 4.78 is 7.74. The zero-order valence-corrected chi connectivity index (χ0v) is 12.0. The number of aliphatic hydroxyl groups is 1. The maximum Gasteiger partial charge on any atom is 0.134 e. The smallest absolute Gasteiger partial charge is 0.134 e. The monoisotopic (exact) mass is 279 g/mol. The van der Waals surface area contributed by atoms with Gasteiger partial charge in [-0.05, 0) is 37.3 Å². The van der Waals surface area contributed by atoms with Crippen LogP contribution in [0, 0.1) is 0 Å². The minimum absolute atomic E-state index is 0.0531. The number of aromatic nitrogens is 1. The average molecular weight is 280 g/mol. The number of methoxy groups -OCH3 is 1. The molecule has 0 amide bonds. The number of halogens is 1.